The minimum atomic E-state index is -0.195. The zero-order chi connectivity index (χ0) is 13.1. The quantitative estimate of drug-likeness (QED) is 0.642. The number of carbonyl (C=O) groups is 1. The highest BCUT2D eigenvalue weighted by atomic mass is 127. The van der Waals surface area contributed by atoms with Gasteiger partial charge in [0.1, 0.15) is 0 Å². The van der Waals surface area contributed by atoms with Crippen molar-refractivity contribution in [3.8, 4) is 11.1 Å². The molecule has 0 saturated heterocycles. The molecule has 0 radical (unpaired) electrons. The summed E-state index contributed by atoms with van der Waals surface area (Å²) >= 11 is 2.25. The molecule has 1 amide bonds. The average Bonchev–Trinajstić information content (AvgIpc) is 2.78. The molecule has 4 heteroatoms. The summed E-state index contributed by atoms with van der Waals surface area (Å²) < 4.78 is 1.08. The molecule has 3 nitrogen and oxygen atoms in total. The molecule has 0 atom stereocenters. The van der Waals surface area contributed by atoms with Gasteiger partial charge >= 0.3 is 0 Å². The van der Waals surface area contributed by atoms with E-state index in [0.717, 1.165) is 26.1 Å². The highest BCUT2D eigenvalue weighted by Gasteiger charge is 2.07. The fraction of sp³-hybridized carbons (Fsp3) is 0.0714. The second-order valence-corrected chi connectivity index (χ2v) is 5.01. The van der Waals surface area contributed by atoms with Gasteiger partial charge < -0.3 is 10.3 Å². The van der Waals surface area contributed by atoms with Gasteiger partial charge in [0.25, 0.3) is 0 Å². The van der Waals surface area contributed by atoms with E-state index < -0.39 is 0 Å². The van der Waals surface area contributed by atoms with Crippen molar-refractivity contribution in [1.82, 2.24) is 4.98 Å². The first-order valence-electron chi connectivity index (χ1n) is 5.49. The standard InChI is InChI=1S/C14H13IN2O/c1-3-13(18)17-12-8-10(5-4-9(12)2)11-6-7-16-14(11)15/h3-8,16H,1H2,2H3,(H,17,18). The number of aromatic nitrogens is 1. The van der Waals surface area contributed by atoms with Gasteiger partial charge in [0.05, 0.1) is 3.70 Å². The molecule has 2 aromatic rings. The zero-order valence-corrected chi connectivity index (χ0v) is 12.1. The maximum absolute atomic E-state index is 11.4. The summed E-state index contributed by atoms with van der Waals surface area (Å²) in [7, 11) is 0. The summed E-state index contributed by atoms with van der Waals surface area (Å²) in [5, 5.41) is 2.81. The van der Waals surface area contributed by atoms with E-state index in [-0.39, 0.29) is 5.91 Å². The number of hydrogen-bond donors (Lipinski definition) is 2. The van der Waals surface area contributed by atoms with Gasteiger partial charge in [0.2, 0.25) is 5.91 Å². The Balaban J connectivity index is 2.41. The van der Waals surface area contributed by atoms with Crippen molar-refractivity contribution < 1.29 is 4.79 Å². The van der Waals surface area contributed by atoms with Crippen LogP contribution in [0.1, 0.15) is 5.56 Å². The summed E-state index contributed by atoms with van der Waals surface area (Å²) in [6.45, 7) is 5.42. The maximum atomic E-state index is 11.4. The third-order valence-electron chi connectivity index (χ3n) is 2.69. The number of rotatable bonds is 3. The summed E-state index contributed by atoms with van der Waals surface area (Å²) in [5.41, 5.74) is 4.05. The fourth-order valence-electron chi connectivity index (χ4n) is 1.68. The lowest BCUT2D eigenvalue weighted by molar-refractivity contribution is -0.111. The van der Waals surface area contributed by atoms with E-state index in [0.29, 0.717) is 0 Å². The Morgan fingerprint density at radius 3 is 2.83 bits per heavy atom. The van der Waals surface area contributed by atoms with Crippen molar-refractivity contribution in [1.29, 1.82) is 0 Å². The molecular formula is C14H13IN2O. The molecule has 0 bridgehead atoms. The predicted octanol–water partition coefficient (Wildman–Crippen LogP) is 3.72. The fourth-order valence-corrected chi connectivity index (χ4v) is 2.35. The van der Waals surface area contributed by atoms with Crippen LogP contribution in [0.2, 0.25) is 0 Å². The van der Waals surface area contributed by atoms with Crippen molar-refractivity contribution in [2.45, 2.75) is 6.92 Å². The highest BCUT2D eigenvalue weighted by molar-refractivity contribution is 14.1. The monoisotopic (exact) mass is 352 g/mol. The first-order valence-corrected chi connectivity index (χ1v) is 6.57. The van der Waals surface area contributed by atoms with Crippen LogP contribution in [-0.4, -0.2) is 10.9 Å². The minimum absolute atomic E-state index is 0.195. The van der Waals surface area contributed by atoms with Gasteiger partial charge in [-0.15, -0.1) is 0 Å². The van der Waals surface area contributed by atoms with Crippen LogP contribution in [0.4, 0.5) is 5.69 Å². The molecule has 0 spiro atoms. The molecule has 18 heavy (non-hydrogen) atoms. The summed E-state index contributed by atoms with van der Waals surface area (Å²) in [6.07, 6.45) is 3.17. The molecule has 2 rings (SSSR count). The van der Waals surface area contributed by atoms with Gasteiger partial charge in [0.15, 0.2) is 0 Å². The molecule has 0 aliphatic heterocycles. The third kappa shape index (κ3) is 2.64. The van der Waals surface area contributed by atoms with E-state index in [4.69, 9.17) is 0 Å². The van der Waals surface area contributed by atoms with Crippen LogP contribution in [0.3, 0.4) is 0 Å². The Kier molecular flexibility index (Phi) is 3.86. The number of aromatic amines is 1. The molecule has 1 heterocycles. The molecule has 0 saturated carbocycles. The summed E-state index contributed by atoms with van der Waals surface area (Å²) in [6, 6.07) is 8.04. The molecule has 2 N–H and O–H groups in total. The van der Waals surface area contributed by atoms with E-state index in [9.17, 15) is 4.79 Å². The molecule has 1 aromatic carbocycles. The van der Waals surface area contributed by atoms with Crippen molar-refractivity contribution in [2.75, 3.05) is 5.32 Å². The number of nitrogens with one attached hydrogen (secondary N) is 2. The molecule has 0 fully saturated rings. The minimum Gasteiger partial charge on any atom is -0.356 e. The van der Waals surface area contributed by atoms with Crippen LogP contribution in [0, 0.1) is 10.6 Å². The van der Waals surface area contributed by atoms with E-state index in [1.807, 2.05) is 37.4 Å². The lowest BCUT2D eigenvalue weighted by Gasteiger charge is -2.09. The number of hydrogen-bond acceptors (Lipinski definition) is 1. The Bertz CT molecular complexity index is 602. The van der Waals surface area contributed by atoms with Crippen LogP contribution >= 0.6 is 22.6 Å². The number of aryl methyl sites for hydroxylation is 1. The van der Waals surface area contributed by atoms with E-state index in [1.165, 1.54) is 6.08 Å². The SMILES string of the molecule is C=CC(=O)Nc1cc(-c2cc[nH]c2I)ccc1C. The normalized spacial score (nSPS) is 10.1. The lowest BCUT2D eigenvalue weighted by atomic mass is 10.1. The second-order valence-electron chi connectivity index (χ2n) is 3.93. The predicted molar refractivity (Wildman–Crippen MR) is 82.5 cm³/mol. The first kappa shape index (κ1) is 12.9. The number of benzene rings is 1. The topological polar surface area (TPSA) is 44.9 Å². The van der Waals surface area contributed by atoms with E-state index in [2.05, 4.69) is 39.5 Å². The van der Waals surface area contributed by atoms with Crippen LogP contribution in [0.5, 0.6) is 0 Å². The molecular weight excluding hydrogens is 339 g/mol. The summed E-state index contributed by atoms with van der Waals surface area (Å²) in [4.78, 5) is 14.5. The maximum Gasteiger partial charge on any atom is 0.247 e. The van der Waals surface area contributed by atoms with Gasteiger partial charge in [-0.3, -0.25) is 4.79 Å². The Morgan fingerprint density at radius 2 is 2.22 bits per heavy atom. The third-order valence-corrected chi connectivity index (χ3v) is 3.58. The molecule has 0 unspecified atom stereocenters. The Morgan fingerprint density at radius 1 is 1.44 bits per heavy atom. The van der Waals surface area contributed by atoms with Crippen molar-refractivity contribution >= 4 is 34.2 Å². The van der Waals surface area contributed by atoms with Crippen LogP contribution < -0.4 is 5.32 Å². The second kappa shape index (κ2) is 5.39. The highest BCUT2D eigenvalue weighted by Crippen LogP contribution is 2.28. The van der Waals surface area contributed by atoms with Crippen molar-refractivity contribution in [3.63, 3.8) is 0 Å². The lowest BCUT2D eigenvalue weighted by Crippen LogP contribution is -2.08. The summed E-state index contributed by atoms with van der Waals surface area (Å²) in [5.74, 6) is -0.195. The van der Waals surface area contributed by atoms with E-state index >= 15 is 0 Å². The van der Waals surface area contributed by atoms with Gasteiger partial charge in [-0.25, -0.2) is 0 Å². The zero-order valence-electron chi connectivity index (χ0n) is 9.96. The van der Waals surface area contributed by atoms with Crippen molar-refractivity contribution in [2.24, 2.45) is 0 Å². The van der Waals surface area contributed by atoms with Crippen LogP contribution in [0.25, 0.3) is 11.1 Å². The van der Waals surface area contributed by atoms with Gasteiger partial charge in [-0.1, -0.05) is 18.7 Å². The largest absolute Gasteiger partial charge is 0.356 e. The first-order chi connectivity index (χ1) is 8.61. The molecule has 0 aliphatic rings. The number of halogens is 1. The number of amides is 1. The Hall–Kier alpha value is -1.56. The van der Waals surface area contributed by atoms with Gasteiger partial charge in [-0.2, -0.15) is 0 Å². The Labute approximate surface area is 119 Å². The number of H-pyrrole nitrogens is 1. The number of anilines is 1. The van der Waals surface area contributed by atoms with Crippen LogP contribution in [-0.2, 0) is 4.79 Å². The smallest absolute Gasteiger partial charge is 0.247 e. The molecule has 92 valence electrons. The van der Waals surface area contributed by atoms with E-state index in [1.54, 1.807) is 0 Å². The average molecular weight is 352 g/mol. The van der Waals surface area contributed by atoms with Gasteiger partial charge in [-0.05, 0) is 58.9 Å². The van der Waals surface area contributed by atoms with Gasteiger partial charge in [0, 0.05) is 17.4 Å². The van der Waals surface area contributed by atoms with Crippen molar-refractivity contribution in [3.05, 3.63) is 52.4 Å². The van der Waals surface area contributed by atoms with Crippen LogP contribution in [0.15, 0.2) is 43.1 Å². The molecule has 0 aliphatic carbocycles. The number of carbonyl (C=O) groups excluding carboxylic acids is 1. The molecule has 1 aromatic heterocycles.